The number of aliphatic hydroxyl groups is 3. The molecule has 1 saturated heterocycles. The highest BCUT2D eigenvalue weighted by Gasteiger charge is 2.46. The number of hydrogen-bond donors (Lipinski definition) is 4. The molecule has 1 aliphatic heterocycles. The molecule has 0 spiro atoms. The molecular formula is C20H36N4O8. The van der Waals surface area contributed by atoms with E-state index in [9.17, 15) is 24.9 Å². The molecule has 0 aromatic heterocycles. The Morgan fingerprint density at radius 3 is 2.31 bits per heavy atom. The number of unbranched alkanes of at least 4 members (excludes halogenated alkanes) is 5. The average molecular weight is 461 g/mol. The van der Waals surface area contributed by atoms with Crippen LogP contribution in [0.15, 0.2) is 5.11 Å². The normalized spacial score (nSPS) is 25.6. The van der Waals surface area contributed by atoms with Gasteiger partial charge in [-0.15, -0.1) is 0 Å². The van der Waals surface area contributed by atoms with Gasteiger partial charge in [-0.1, -0.05) is 25.7 Å². The van der Waals surface area contributed by atoms with Gasteiger partial charge in [-0.3, -0.25) is 4.79 Å². The van der Waals surface area contributed by atoms with Crippen LogP contribution in [0.5, 0.6) is 0 Å². The molecule has 0 aromatic rings. The highest BCUT2D eigenvalue weighted by molar-refractivity contribution is 5.76. The molecule has 4 N–H and O–H groups in total. The number of carbonyl (C=O) groups excluding carboxylic acids is 2. The molecule has 1 fully saturated rings. The van der Waals surface area contributed by atoms with Gasteiger partial charge < -0.3 is 34.8 Å². The number of amides is 2. The minimum Gasteiger partial charge on any atom is -0.444 e. The summed E-state index contributed by atoms with van der Waals surface area (Å²) in [6.07, 6.45) is -0.537. The lowest BCUT2D eigenvalue weighted by molar-refractivity contribution is -0.269. The fourth-order valence-corrected chi connectivity index (χ4v) is 3.21. The van der Waals surface area contributed by atoms with Crippen molar-refractivity contribution >= 4 is 12.0 Å². The van der Waals surface area contributed by atoms with E-state index in [1.807, 2.05) is 0 Å². The predicted octanol–water partition coefficient (Wildman–Crippen LogP) is 1.90. The van der Waals surface area contributed by atoms with Crippen molar-refractivity contribution in [1.82, 2.24) is 5.32 Å². The van der Waals surface area contributed by atoms with Crippen LogP contribution in [0, 0.1) is 0 Å². The maximum Gasteiger partial charge on any atom is 0.408 e. The van der Waals surface area contributed by atoms with Gasteiger partial charge in [-0.25, -0.2) is 4.79 Å². The van der Waals surface area contributed by atoms with Crippen LogP contribution in [-0.2, 0) is 19.0 Å². The van der Waals surface area contributed by atoms with Gasteiger partial charge in [-0.2, -0.15) is 0 Å². The molecule has 0 bridgehead atoms. The lowest BCUT2D eigenvalue weighted by Gasteiger charge is -2.42. The molecule has 5 atom stereocenters. The molecule has 32 heavy (non-hydrogen) atoms. The SMILES string of the molecule is CC(C)(C)OC(=O)N[C@H]1[C@@H](OCCCCCCCCC(=O)N=[N+]=[N-])O[C@H](CO)[C@@H](O)[C@@H]1O. The number of nitrogens with zero attached hydrogens (tertiary/aromatic N) is 3. The minimum atomic E-state index is -1.41. The van der Waals surface area contributed by atoms with E-state index < -0.39 is 54.9 Å². The van der Waals surface area contributed by atoms with Gasteiger partial charge in [0.2, 0.25) is 5.91 Å². The number of alkyl carbamates (subject to hydrolysis) is 1. The summed E-state index contributed by atoms with van der Waals surface area (Å²) in [6.45, 7) is 4.86. The van der Waals surface area contributed by atoms with E-state index in [4.69, 9.17) is 19.7 Å². The Morgan fingerprint density at radius 1 is 1.09 bits per heavy atom. The van der Waals surface area contributed by atoms with Crippen LogP contribution < -0.4 is 5.32 Å². The summed E-state index contributed by atoms with van der Waals surface area (Å²) >= 11 is 0. The quantitative estimate of drug-likeness (QED) is 0.147. The summed E-state index contributed by atoms with van der Waals surface area (Å²) < 4.78 is 16.4. The molecule has 1 rings (SSSR count). The summed E-state index contributed by atoms with van der Waals surface area (Å²) in [4.78, 5) is 25.7. The Bertz CT molecular complexity index is 636. The third kappa shape index (κ3) is 10.6. The summed E-state index contributed by atoms with van der Waals surface area (Å²) in [7, 11) is 0. The molecule has 0 aromatic carbocycles. The third-order valence-corrected chi connectivity index (χ3v) is 4.79. The average Bonchev–Trinajstić information content (AvgIpc) is 2.70. The van der Waals surface area contributed by atoms with Crippen LogP contribution in [0.2, 0.25) is 0 Å². The Hall–Kier alpha value is -1.95. The van der Waals surface area contributed by atoms with Crippen molar-refractivity contribution in [2.45, 2.75) is 102 Å². The van der Waals surface area contributed by atoms with E-state index in [2.05, 4.69) is 15.3 Å². The lowest BCUT2D eigenvalue weighted by Crippen LogP contribution is -2.65. The second kappa shape index (κ2) is 14.2. The van der Waals surface area contributed by atoms with E-state index in [0.29, 0.717) is 12.8 Å². The van der Waals surface area contributed by atoms with Crippen LogP contribution in [0.3, 0.4) is 0 Å². The molecule has 12 heteroatoms. The molecule has 1 heterocycles. The van der Waals surface area contributed by atoms with Crippen LogP contribution in [-0.4, -0.2) is 76.8 Å². The van der Waals surface area contributed by atoms with Crippen LogP contribution in [0.1, 0.15) is 65.7 Å². The smallest absolute Gasteiger partial charge is 0.408 e. The van der Waals surface area contributed by atoms with E-state index in [1.54, 1.807) is 20.8 Å². The van der Waals surface area contributed by atoms with Crippen molar-refractivity contribution in [3.05, 3.63) is 10.4 Å². The molecule has 2 amide bonds. The van der Waals surface area contributed by atoms with Crippen LogP contribution >= 0.6 is 0 Å². The van der Waals surface area contributed by atoms with E-state index >= 15 is 0 Å². The fourth-order valence-electron chi connectivity index (χ4n) is 3.21. The molecular weight excluding hydrogens is 424 g/mol. The van der Waals surface area contributed by atoms with Crippen LogP contribution in [0.25, 0.3) is 10.4 Å². The molecule has 0 aliphatic carbocycles. The number of ether oxygens (including phenoxy) is 3. The standard InChI is InChI=1S/C20H36N4O8/c1-20(2,3)32-19(29)22-15-17(28)16(27)13(12-25)31-18(15)30-11-9-7-5-4-6-8-10-14(26)23-24-21/h13,15-18,25,27-28H,4-12H2,1-3H3,(H,22,29)/t13-,15-,16-,17-,18+/m1/s1. The van der Waals surface area contributed by atoms with E-state index in [1.165, 1.54) is 0 Å². The van der Waals surface area contributed by atoms with E-state index in [-0.39, 0.29) is 13.0 Å². The zero-order chi connectivity index (χ0) is 24.1. The number of rotatable bonds is 12. The molecule has 12 nitrogen and oxygen atoms in total. The number of nitrogens with one attached hydrogen (secondary N) is 1. The van der Waals surface area contributed by atoms with E-state index in [0.717, 1.165) is 25.7 Å². The molecule has 0 saturated carbocycles. The fraction of sp³-hybridized carbons (Fsp3) is 0.900. The van der Waals surface area contributed by atoms with Gasteiger partial charge in [0.25, 0.3) is 0 Å². The van der Waals surface area contributed by atoms with Gasteiger partial charge in [0, 0.05) is 17.9 Å². The third-order valence-electron chi connectivity index (χ3n) is 4.79. The summed E-state index contributed by atoms with van der Waals surface area (Å²) in [5.41, 5.74) is 7.42. The largest absolute Gasteiger partial charge is 0.444 e. The Balaban J connectivity index is 2.42. The summed E-state index contributed by atoms with van der Waals surface area (Å²) in [5.74, 6) is -0.448. The first kappa shape index (κ1) is 28.1. The Labute approximate surface area is 187 Å². The zero-order valence-corrected chi connectivity index (χ0v) is 19.0. The van der Waals surface area contributed by atoms with Crippen molar-refractivity contribution in [3.8, 4) is 0 Å². The number of aliphatic hydroxyl groups excluding tert-OH is 3. The minimum absolute atomic E-state index is 0.248. The van der Waals surface area contributed by atoms with Crippen molar-refractivity contribution in [2.24, 2.45) is 5.11 Å². The van der Waals surface area contributed by atoms with Crippen molar-refractivity contribution in [3.63, 3.8) is 0 Å². The highest BCUT2D eigenvalue weighted by Crippen LogP contribution is 2.23. The number of azide groups is 1. The topological polar surface area (TPSA) is 183 Å². The lowest BCUT2D eigenvalue weighted by atomic mass is 9.97. The summed E-state index contributed by atoms with van der Waals surface area (Å²) in [5, 5.41) is 35.4. The van der Waals surface area contributed by atoms with Gasteiger partial charge in [0.05, 0.1) is 6.61 Å². The van der Waals surface area contributed by atoms with Crippen molar-refractivity contribution in [1.29, 1.82) is 0 Å². The second-order valence-electron chi connectivity index (χ2n) is 8.70. The van der Waals surface area contributed by atoms with Crippen molar-refractivity contribution < 1.29 is 39.1 Å². The second-order valence-corrected chi connectivity index (χ2v) is 8.70. The maximum absolute atomic E-state index is 12.1. The molecule has 0 radical (unpaired) electrons. The number of hydrogen-bond acceptors (Lipinski definition) is 8. The van der Waals surface area contributed by atoms with Gasteiger partial charge in [0.15, 0.2) is 6.29 Å². The first-order chi connectivity index (χ1) is 15.1. The molecule has 1 aliphatic rings. The van der Waals surface area contributed by atoms with Crippen molar-refractivity contribution in [2.75, 3.05) is 13.2 Å². The highest BCUT2D eigenvalue weighted by atomic mass is 16.7. The first-order valence-electron chi connectivity index (χ1n) is 10.9. The monoisotopic (exact) mass is 460 g/mol. The molecule has 184 valence electrons. The molecule has 0 unspecified atom stereocenters. The first-order valence-corrected chi connectivity index (χ1v) is 10.9. The van der Waals surface area contributed by atoms with Gasteiger partial charge in [-0.05, 0) is 44.3 Å². The Morgan fingerprint density at radius 2 is 1.72 bits per heavy atom. The van der Waals surface area contributed by atoms with Gasteiger partial charge in [0.1, 0.15) is 30.0 Å². The summed E-state index contributed by atoms with van der Waals surface area (Å²) in [6, 6.07) is -1.07. The zero-order valence-electron chi connectivity index (χ0n) is 19.0. The predicted molar refractivity (Wildman–Crippen MR) is 113 cm³/mol. The maximum atomic E-state index is 12.1. The Kier molecular flexibility index (Phi) is 12.5. The number of carbonyl (C=O) groups is 2. The van der Waals surface area contributed by atoms with Crippen LogP contribution in [0.4, 0.5) is 4.79 Å². The van der Waals surface area contributed by atoms with Gasteiger partial charge >= 0.3 is 6.09 Å².